The van der Waals surface area contributed by atoms with E-state index in [4.69, 9.17) is 5.11 Å². The van der Waals surface area contributed by atoms with E-state index < -0.39 is 5.97 Å². The zero-order chi connectivity index (χ0) is 11.5. The molecular weight excluding hydrogens is 245 g/mol. The van der Waals surface area contributed by atoms with E-state index in [1.807, 2.05) is 11.0 Å². The van der Waals surface area contributed by atoms with Gasteiger partial charge in [-0.05, 0) is 30.7 Å². The van der Waals surface area contributed by atoms with Crippen molar-refractivity contribution < 1.29 is 14.3 Å². The lowest BCUT2D eigenvalue weighted by Gasteiger charge is -2.14. The third-order valence-corrected chi connectivity index (χ3v) is 2.92. The van der Waals surface area contributed by atoms with Crippen LogP contribution in [0.3, 0.4) is 0 Å². The highest BCUT2D eigenvalue weighted by molar-refractivity contribution is 5.85. The summed E-state index contributed by atoms with van der Waals surface area (Å²) >= 11 is 0. The molecule has 5 heteroatoms. The van der Waals surface area contributed by atoms with Crippen LogP contribution in [0.15, 0.2) is 24.3 Å². The number of nitrogens with zero attached hydrogens (tertiary/aromatic N) is 1. The Balaban J connectivity index is 0.00000144. The average Bonchev–Trinajstić information content (AvgIpc) is 2.66. The standard InChI is InChI=1S/C12H14FNO2.ClH/c13-11-3-1-2-9(6-11)7-14-5-4-10(8-14)12(15)16;/h1-3,6,10H,4-5,7-8H2,(H,15,16);1H. The summed E-state index contributed by atoms with van der Waals surface area (Å²) in [5, 5.41) is 8.85. The van der Waals surface area contributed by atoms with Crippen LogP contribution in [0.5, 0.6) is 0 Å². The predicted molar refractivity (Wildman–Crippen MR) is 64.7 cm³/mol. The first-order valence-corrected chi connectivity index (χ1v) is 5.35. The van der Waals surface area contributed by atoms with Gasteiger partial charge in [0.05, 0.1) is 5.92 Å². The van der Waals surface area contributed by atoms with Gasteiger partial charge in [-0.15, -0.1) is 12.4 Å². The van der Waals surface area contributed by atoms with Crippen LogP contribution in [0.25, 0.3) is 0 Å². The maximum absolute atomic E-state index is 12.9. The second kappa shape index (κ2) is 5.98. The van der Waals surface area contributed by atoms with Gasteiger partial charge < -0.3 is 5.11 Å². The van der Waals surface area contributed by atoms with Crippen molar-refractivity contribution in [2.75, 3.05) is 13.1 Å². The number of carboxylic acids is 1. The Kier molecular flexibility index (Phi) is 4.90. The zero-order valence-electron chi connectivity index (χ0n) is 9.30. The molecule has 94 valence electrons. The number of aliphatic carboxylic acids is 1. The summed E-state index contributed by atoms with van der Waals surface area (Å²) in [6, 6.07) is 6.44. The topological polar surface area (TPSA) is 40.5 Å². The molecule has 3 nitrogen and oxygen atoms in total. The molecule has 1 aromatic rings. The van der Waals surface area contributed by atoms with E-state index in [-0.39, 0.29) is 24.1 Å². The number of rotatable bonds is 3. The molecule has 1 aromatic carbocycles. The van der Waals surface area contributed by atoms with Crippen molar-refractivity contribution in [3.63, 3.8) is 0 Å². The summed E-state index contributed by atoms with van der Waals surface area (Å²) in [4.78, 5) is 12.8. The monoisotopic (exact) mass is 259 g/mol. The first-order valence-electron chi connectivity index (χ1n) is 5.35. The Bertz CT molecular complexity index is 400. The maximum atomic E-state index is 12.9. The van der Waals surface area contributed by atoms with Crippen LogP contribution in [-0.4, -0.2) is 29.1 Å². The van der Waals surface area contributed by atoms with Gasteiger partial charge >= 0.3 is 5.97 Å². The van der Waals surface area contributed by atoms with E-state index >= 15 is 0 Å². The number of hydrogen-bond acceptors (Lipinski definition) is 2. The van der Waals surface area contributed by atoms with Crippen molar-refractivity contribution in [1.82, 2.24) is 4.90 Å². The highest BCUT2D eigenvalue weighted by atomic mass is 35.5. The van der Waals surface area contributed by atoms with Crippen molar-refractivity contribution in [3.8, 4) is 0 Å². The molecule has 1 atom stereocenters. The van der Waals surface area contributed by atoms with E-state index in [1.54, 1.807) is 6.07 Å². The van der Waals surface area contributed by atoms with Crippen LogP contribution in [0, 0.1) is 11.7 Å². The Morgan fingerprint density at radius 3 is 2.88 bits per heavy atom. The SMILES string of the molecule is Cl.O=C(O)C1CCN(Cc2cccc(F)c2)C1. The largest absolute Gasteiger partial charge is 0.481 e. The van der Waals surface area contributed by atoms with Gasteiger partial charge in [-0.2, -0.15) is 0 Å². The smallest absolute Gasteiger partial charge is 0.307 e. The third kappa shape index (κ3) is 3.68. The molecule has 1 fully saturated rings. The molecule has 1 heterocycles. The molecule has 0 bridgehead atoms. The van der Waals surface area contributed by atoms with Crippen LogP contribution in [0.4, 0.5) is 4.39 Å². The van der Waals surface area contributed by atoms with Crippen molar-refractivity contribution in [1.29, 1.82) is 0 Å². The summed E-state index contributed by atoms with van der Waals surface area (Å²) in [6.45, 7) is 1.96. The van der Waals surface area contributed by atoms with Crippen molar-refractivity contribution >= 4 is 18.4 Å². The molecule has 0 amide bonds. The highest BCUT2D eigenvalue weighted by Crippen LogP contribution is 2.18. The van der Waals surface area contributed by atoms with Crippen LogP contribution in [-0.2, 0) is 11.3 Å². The number of carboxylic acid groups (broad SMARTS) is 1. The summed E-state index contributed by atoms with van der Waals surface area (Å²) < 4.78 is 12.9. The molecule has 0 radical (unpaired) electrons. The molecule has 1 aliphatic rings. The van der Waals surface area contributed by atoms with Gasteiger partial charge in [-0.1, -0.05) is 12.1 Å². The van der Waals surface area contributed by atoms with Gasteiger partial charge in [-0.3, -0.25) is 9.69 Å². The summed E-state index contributed by atoms with van der Waals surface area (Å²) in [7, 11) is 0. The number of halogens is 2. The van der Waals surface area contributed by atoms with Crippen LogP contribution in [0.1, 0.15) is 12.0 Å². The molecule has 2 rings (SSSR count). The average molecular weight is 260 g/mol. The lowest BCUT2D eigenvalue weighted by Crippen LogP contribution is -2.22. The first kappa shape index (κ1) is 13.9. The van der Waals surface area contributed by atoms with Gasteiger partial charge in [0, 0.05) is 13.1 Å². The Morgan fingerprint density at radius 2 is 2.29 bits per heavy atom. The van der Waals surface area contributed by atoms with E-state index in [0.29, 0.717) is 19.5 Å². The molecular formula is C12H15ClFNO2. The summed E-state index contributed by atoms with van der Waals surface area (Å²) in [5.74, 6) is -1.25. The fraction of sp³-hybridized carbons (Fsp3) is 0.417. The third-order valence-electron chi connectivity index (χ3n) is 2.92. The minimum atomic E-state index is -0.734. The fourth-order valence-electron chi connectivity index (χ4n) is 2.07. The molecule has 0 aromatic heterocycles. The maximum Gasteiger partial charge on any atom is 0.307 e. The second-order valence-electron chi connectivity index (χ2n) is 4.19. The van der Waals surface area contributed by atoms with Crippen molar-refractivity contribution in [2.24, 2.45) is 5.92 Å². The molecule has 0 spiro atoms. The van der Waals surface area contributed by atoms with Crippen LogP contribution < -0.4 is 0 Å². The summed E-state index contributed by atoms with van der Waals surface area (Å²) in [5.41, 5.74) is 0.894. The normalized spacial score (nSPS) is 19.9. The molecule has 0 aliphatic carbocycles. The van der Waals surface area contributed by atoms with E-state index in [2.05, 4.69) is 0 Å². The molecule has 1 aliphatic heterocycles. The molecule has 17 heavy (non-hydrogen) atoms. The quantitative estimate of drug-likeness (QED) is 0.904. The van der Waals surface area contributed by atoms with E-state index in [1.165, 1.54) is 12.1 Å². The van der Waals surface area contributed by atoms with Gasteiger partial charge in [0.2, 0.25) is 0 Å². The van der Waals surface area contributed by atoms with Crippen LogP contribution >= 0.6 is 12.4 Å². The lowest BCUT2D eigenvalue weighted by molar-refractivity contribution is -0.141. The molecule has 1 unspecified atom stereocenters. The first-order chi connectivity index (χ1) is 7.65. The van der Waals surface area contributed by atoms with Gasteiger partial charge in [0.25, 0.3) is 0 Å². The van der Waals surface area contributed by atoms with Crippen molar-refractivity contribution in [2.45, 2.75) is 13.0 Å². The Hall–Kier alpha value is -1.13. The van der Waals surface area contributed by atoms with Crippen LogP contribution in [0.2, 0.25) is 0 Å². The van der Waals surface area contributed by atoms with Crippen molar-refractivity contribution in [3.05, 3.63) is 35.6 Å². The second-order valence-corrected chi connectivity index (χ2v) is 4.19. The van der Waals surface area contributed by atoms with Gasteiger partial charge in [-0.25, -0.2) is 4.39 Å². The Labute approximate surface area is 106 Å². The lowest BCUT2D eigenvalue weighted by atomic mass is 10.1. The summed E-state index contributed by atoms with van der Waals surface area (Å²) in [6.07, 6.45) is 0.685. The number of likely N-dealkylation sites (tertiary alicyclic amines) is 1. The minimum absolute atomic E-state index is 0. The fourth-order valence-corrected chi connectivity index (χ4v) is 2.07. The molecule has 1 saturated heterocycles. The predicted octanol–water partition coefficient (Wildman–Crippen LogP) is 2.15. The minimum Gasteiger partial charge on any atom is -0.481 e. The number of benzene rings is 1. The van der Waals surface area contributed by atoms with E-state index in [9.17, 15) is 9.18 Å². The van der Waals surface area contributed by atoms with Gasteiger partial charge in [0.15, 0.2) is 0 Å². The van der Waals surface area contributed by atoms with Gasteiger partial charge in [0.1, 0.15) is 5.82 Å². The molecule has 0 saturated carbocycles. The highest BCUT2D eigenvalue weighted by Gasteiger charge is 2.27. The zero-order valence-corrected chi connectivity index (χ0v) is 10.1. The Morgan fingerprint density at radius 1 is 1.53 bits per heavy atom. The number of hydrogen-bond donors (Lipinski definition) is 1. The molecule has 1 N–H and O–H groups in total. The van der Waals surface area contributed by atoms with E-state index in [0.717, 1.165) is 12.1 Å². The number of carbonyl (C=O) groups is 1.